The zero-order valence-electron chi connectivity index (χ0n) is 25.7. The van der Waals surface area contributed by atoms with Crippen LogP contribution in [0, 0.1) is 0 Å². The molecule has 1 N–H and O–H groups in total. The predicted octanol–water partition coefficient (Wildman–Crippen LogP) is 10.7. The van der Waals surface area contributed by atoms with E-state index in [0.29, 0.717) is 0 Å². The van der Waals surface area contributed by atoms with Crippen molar-refractivity contribution < 1.29 is 9.90 Å². The summed E-state index contributed by atoms with van der Waals surface area (Å²) in [5.74, 6) is -1.32. The monoisotopic (exact) mass is 864 g/mol. The average Bonchev–Trinajstić information content (AvgIpc) is 3.14. The van der Waals surface area contributed by atoms with Gasteiger partial charge in [-0.25, -0.2) is 4.79 Å². The summed E-state index contributed by atoms with van der Waals surface area (Å²) in [7, 11) is 0. The second-order valence-corrected chi connectivity index (χ2v) is 18.7. The first-order valence-electron chi connectivity index (χ1n) is 14.8. The van der Waals surface area contributed by atoms with Crippen molar-refractivity contribution in [1.82, 2.24) is 0 Å². The standard InChI is InChI=1S/C33H26As2.C7HCl5O2/c1-26(35(29-20-10-4-11-21-29)30-22-12-5-13-23-30)31-24-14-15-25-32(31)33(34,27-16-6-2-7-17-27)28-18-8-3-9-19-28;8-2-1(7(13)14)3(9)5(11)6(12)4(2)10/h2-25H,1H2;(H,13,14). The van der Waals surface area contributed by atoms with Gasteiger partial charge in [0.1, 0.15) is 0 Å². The van der Waals surface area contributed by atoms with Crippen LogP contribution < -0.4 is 8.70 Å². The third-order valence-electron chi connectivity index (χ3n) is 7.73. The Labute approximate surface area is 325 Å². The zero-order chi connectivity index (χ0) is 35.1. The molecule has 0 saturated carbocycles. The van der Waals surface area contributed by atoms with Crippen molar-refractivity contribution in [3.63, 3.8) is 0 Å². The molecule has 9 heteroatoms. The Hall–Kier alpha value is -2.90. The van der Waals surface area contributed by atoms with Crippen molar-refractivity contribution in [3.8, 4) is 0 Å². The number of benzene rings is 6. The SMILES string of the molecule is C=C(c1ccccc1C([As])(c1ccccc1)c1ccccc1)[As](c1ccccc1)c1ccccc1.O=C(O)c1c(Cl)c(Cl)c(Cl)c(Cl)c1Cl. The summed E-state index contributed by atoms with van der Waals surface area (Å²) in [6, 6.07) is 52.3. The van der Waals surface area contributed by atoms with E-state index in [-0.39, 0.29) is 34.9 Å². The van der Waals surface area contributed by atoms with Crippen molar-refractivity contribution in [1.29, 1.82) is 0 Å². The third kappa shape index (κ3) is 8.04. The summed E-state index contributed by atoms with van der Waals surface area (Å²) in [5, 5.41) is 8.00. The second kappa shape index (κ2) is 16.9. The molecule has 0 unspecified atom stereocenters. The quantitative estimate of drug-likeness (QED) is 0.0716. The molecule has 0 heterocycles. The Morgan fingerprint density at radius 2 is 0.898 bits per heavy atom. The summed E-state index contributed by atoms with van der Waals surface area (Å²) >= 11 is 29.3. The van der Waals surface area contributed by atoms with Gasteiger partial charge in [0.2, 0.25) is 0 Å². The van der Waals surface area contributed by atoms with E-state index in [1.54, 1.807) is 0 Å². The molecule has 0 aromatic heterocycles. The van der Waals surface area contributed by atoms with E-state index in [1.165, 1.54) is 35.3 Å². The van der Waals surface area contributed by atoms with E-state index in [1.807, 2.05) is 0 Å². The second-order valence-electron chi connectivity index (χ2n) is 10.7. The van der Waals surface area contributed by atoms with E-state index in [0.717, 1.165) is 0 Å². The first kappa shape index (κ1) is 37.4. The molecule has 0 saturated heterocycles. The molecule has 0 aliphatic heterocycles. The van der Waals surface area contributed by atoms with E-state index < -0.39 is 20.6 Å². The number of halogens is 5. The maximum atomic E-state index is 10.7. The predicted molar refractivity (Wildman–Crippen MR) is 210 cm³/mol. The molecule has 6 aromatic rings. The fourth-order valence-corrected chi connectivity index (χ4v) is 12.6. The molecule has 0 atom stereocenters. The number of carbonyl (C=O) groups is 1. The fourth-order valence-electron chi connectivity index (χ4n) is 5.41. The van der Waals surface area contributed by atoms with Gasteiger partial charge in [0.15, 0.2) is 0 Å². The molecule has 6 rings (SSSR count). The molecule has 6 aromatic carbocycles. The summed E-state index contributed by atoms with van der Waals surface area (Å²) < 4.78 is 3.65. The molecule has 0 fully saturated rings. The minimum atomic E-state index is -1.85. The molecule has 244 valence electrons. The normalized spacial score (nSPS) is 11.1. The van der Waals surface area contributed by atoms with Crippen LogP contribution in [0.2, 0.25) is 25.1 Å². The van der Waals surface area contributed by atoms with Gasteiger partial charge in [-0.3, -0.25) is 0 Å². The van der Waals surface area contributed by atoms with Gasteiger partial charge in [0.25, 0.3) is 0 Å². The van der Waals surface area contributed by atoms with E-state index in [9.17, 15) is 4.79 Å². The number of rotatable bonds is 8. The van der Waals surface area contributed by atoms with Gasteiger partial charge in [0.05, 0.1) is 30.7 Å². The van der Waals surface area contributed by atoms with Crippen LogP contribution >= 0.6 is 58.0 Å². The van der Waals surface area contributed by atoms with Gasteiger partial charge >= 0.3 is 229 Å². The fraction of sp³-hybridized carbons (Fsp3) is 0.0250. The molecule has 0 aliphatic carbocycles. The summed E-state index contributed by atoms with van der Waals surface area (Å²) in [6.45, 7) is 4.80. The minimum absolute atomic E-state index is 0.0617. The van der Waals surface area contributed by atoms with Gasteiger partial charge in [0, 0.05) is 0 Å². The molecule has 2 radical (unpaired) electrons. The number of carboxylic acid groups (broad SMARTS) is 1. The Balaban J connectivity index is 0.000000281. The summed E-state index contributed by atoms with van der Waals surface area (Å²) in [5.41, 5.74) is 4.67. The third-order valence-corrected chi connectivity index (χ3v) is 16.7. The van der Waals surface area contributed by atoms with Crippen molar-refractivity contribution in [2.75, 3.05) is 0 Å². The van der Waals surface area contributed by atoms with Crippen LogP contribution in [0.3, 0.4) is 0 Å². The number of aromatic carboxylic acids is 1. The zero-order valence-corrected chi connectivity index (χ0v) is 33.2. The van der Waals surface area contributed by atoms with Crippen LogP contribution in [-0.4, -0.2) is 42.6 Å². The van der Waals surface area contributed by atoms with Crippen molar-refractivity contribution in [2.45, 2.75) is 4.20 Å². The molecule has 2 nitrogen and oxygen atoms in total. The van der Waals surface area contributed by atoms with Crippen LogP contribution in [0.1, 0.15) is 32.6 Å². The largest absolute Gasteiger partial charge is 0.478 e. The maximum Gasteiger partial charge on any atom is 0.338 e. The van der Waals surface area contributed by atoms with Crippen LogP contribution in [0.5, 0.6) is 0 Å². The summed E-state index contributed by atoms with van der Waals surface area (Å²) in [4.78, 5) is 10.7. The average molecular weight is 867 g/mol. The molecule has 49 heavy (non-hydrogen) atoms. The van der Waals surface area contributed by atoms with E-state index in [2.05, 4.69) is 162 Å². The molecule has 0 spiro atoms. The Kier molecular flexibility index (Phi) is 12.9. The summed E-state index contributed by atoms with van der Waals surface area (Å²) in [6.07, 6.45) is 0. The Morgan fingerprint density at radius 1 is 0.551 bits per heavy atom. The Bertz CT molecular complexity index is 1970. The van der Waals surface area contributed by atoms with Crippen LogP contribution in [0.25, 0.3) is 4.36 Å². The van der Waals surface area contributed by atoms with Crippen molar-refractivity contribution >= 4 is 109 Å². The molecule has 0 amide bonds. The molecular formula is C40H27As2Cl5O2. The first-order valence-corrected chi connectivity index (χ1v) is 20.5. The maximum absolute atomic E-state index is 10.7. The molecule has 0 bridgehead atoms. The number of hydrogen-bond donors (Lipinski definition) is 1. The number of carboxylic acids is 1. The first-order chi connectivity index (χ1) is 23.6. The van der Waals surface area contributed by atoms with Crippen molar-refractivity contribution in [2.24, 2.45) is 0 Å². The molecular weight excluding hydrogens is 840 g/mol. The van der Waals surface area contributed by atoms with E-state index >= 15 is 0 Å². The Morgan fingerprint density at radius 3 is 1.31 bits per heavy atom. The van der Waals surface area contributed by atoms with Gasteiger partial charge in [-0.2, -0.15) is 0 Å². The van der Waals surface area contributed by atoms with Crippen LogP contribution in [0.4, 0.5) is 0 Å². The van der Waals surface area contributed by atoms with Gasteiger partial charge in [-0.1, -0.05) is 58.0 Å². The van der Waals surface area contributed by atoms with Crippen LogP contribution in [0.15, 0.2) is 152 Å². The van der Waals surface area contributed by atoms with Gasteiger partial charge < -0.3 is 5.11 Å². The van der Waals surface area contributed by atoms with Gasteiger partial charge in [-0.15, -0.1) is 0 Å². The van der Waals surface area contributed by atoms with Gasteiger partial charge in [-0.05, 0) is 0 Å². The number of hydrogen-bond acceptors (Lipinski definition) is 1. The van der Waals surface area contributed by atoms with Crippen LogP contribution in [-0.2, 0) is 4.20 Å². The minimum Gasteiger partial charge on any atom is -0.478 e. The topological polar surface area (TPSA) is 37.3 Å². The smallest absolute Gasteiger partial charge is 0.338 e. The van der Waals surface area contributed by atoms with Crippen molar-refractivity contribution in [3.05, 3.63) is 205 Å². The molecule has 0 aliphatic rings. The van der Waals surface area contributed by atoms with E-state index in [4.69, 9.17) is 69.7 Å².